The van der Waals surface area contributed by atoms with Gasteiger partial charge in [-0.15, -0.1) is 0 Å². The average molecular weight is 260 g/mol. The number of nitrogens with two attached hydrogens (primary N) is 1. The molecular formula is C10H20N4O2S. The Morgan fingerprint density at radius 1 is 1.53 bits per heavy atom. The monoisotopic (exact) mass is 260 g/mol. The van der Waals surface area contributed by atoms with E-state index in [1.54, 1.807) is 0 Å². The molecule has 3 N–H and O–H groups in total. The van der Waals surface area contributed by atoms with Crippen LogP contribution >= 0.6 is 0 Å². The lowest BCUT2D eigenvalue weighted by atomic mass is 10.2. The first-order valence-electron chi connectivity index (χ1n) is 5.67. The summed E-state index contributed by atoms with van der Waals surface area (Å²) in [5, 5.41) is 6.19. The van der Waals surface area contributed by atoms with Crippen molar-refractivity contribution in [3.05, 3.63) is 12.4 Å². The Kier molecular flexibility index (Phi) is 5.10. The van der Waals surface area contributed by atoms with Gasteiger partial charge in [0.25, 0.3) is 0 Å². The van der Waals surface area contributed by atoms with E-state index in [0.29, 0.717) is 26.1 Å². The molecule has 0 atom stereocenters. The number of nitrogens with one attached hydrogen (secondary N) is 1. The normalized spacial score (nSPS) is 12.5. The summed E-state index contributed by atoms with van der Waals surface area (Å²) in [5.41, 5.74) is 5.43. The number of rotatable bonds is 7. The van der Waals surface area contributed by atoms with E-state index in [0.717, 1.165) is 0 Å². The molecule has 17 heavy (non-hydrogen) atoms. The van der Waals surface area contributed by atoms with Crippen molar-refractivity contribution >= 4 is 10.0 Å². The third-order valence-corrected chi connectivity index (χ3v) is 4.12. The summed E-state index contributed by atoms with van der Waals surface area (Å²) in [5.74, 6) is 0.273. The third kappa shape index (κ3) is 3.79. The second-order valence-electron chi connectivity index (χ2n) is 4.33. The van der Waals surface area contributed by atoms with Gasteiger partial charge >= 0.3 is 0 Å². The van der Waals surface area contributed by atoms with Gasteiger partial charge in [-0.25, -0.2) is 8.42 Å². The molecule has 1 rings (SSSR count). The standard InChI is InChI=1S/C10H20N4O2S/c1-9(2)8-14(5-3-4-11)17(15,16)10-6-12-13-7-10/h6-7,9H,3-5,8,11H2,1-2H3,(H,12,13). The zero-order valence-electron chi connectivity index (χ0n) is 10.3. The summed E-state index contributed by atoms with van der Waals surface area (Å²) in [4.78, 5) is 0.204. The minimum Gasteiger partial charge on any atom is -0.330 e. The lowest BCUT2D eigenvalue weighted by Gasteiger charge is -2.22. The van der Waals surface area contributed by atoms with Crippen molar-refractivity contribution in [2.75, 3.05) is 19.6 Å². The van der Waals surface area contributed by atoms with Crippen LogP contribution in [0.2, 0.25) is 0 Å². The second kappa shape index (κ2) is 6.13. The van der Waals surface area contributed by atoms with Crippen LogP contribution in [0.25, 0.3) is 0 Å². The Bertz CT molecular complexity index is 414. The fourth-order valence-electron chi connectivity index (χ4n) is 1.51. The minimum atomic E-state index is -3.44. The third-order valence-electron chi connectivity index (χ3n) is 2.29. The van der Waals surface area contributed by atoms with E-state index in [1.165, 1.54) is 16.7 Å². The minimum absolute atomic E-state index is 0.204. The van der Waals surface area contributed by atoms with Crippen LogP contribution in [0.1, 0.15) is 20.3 Å². The summed E-state index contributed by atoms with van der Waals surface area (Å²) in [6.07, 6.45) is 3.38. The highest BCUT2D eigenvalue weighted by atomic mass is 32.2. The van der Waals surface area contributed by atoms with Crippen LogP contribution in [0.5, 0.6) is 0 Å². The Labute approximate surface area is 102 Å². The number of aromatic amines is 1. The highest BCUT2D eigenvalue weighted by molar-refractivity contribution is 7.89. The highest BCUT2D eigenvalue weighted by Crippen LogP contribution is 2.15. The molecule has 0 saturated heterocycles. The quantitative estimate of drug-likeness (QED) is 0.742. The first-order valence-corrected chi connectivity index (χ1v) is 7.11. The molecule has 7 heteroatoms. The van der Waals surface area contributed by atoms with Gasteiger partial charge in [0.05, 0.1) is 6.20 Å². The van der Waals surface area contributed by atoms with Gasteiger partial charge in [-0.2, -0.15) is 9.40 Å². The number of hydrogen-bond donors (Lipinski definition) is 2. The van der Waals surface area contributed by atoms with E-state index in [2.05, 4.69) is 10.2 Å². The molecule has 0 aliphatic rings. The van der Waals surface area contributed by atoms with Crippen LogP contribution in [0.3, 0.4) is 0 Å². The molecule has 0 bridgehead atoms. The Morgan fingerprint density at radius 3 is 2.71 bits per heavy atom. The topological polar surface area (TPSA) is 92.1 Å². The number of H-pyrrole nitrogens is 1. The van der Waals surface area contributed by atoms with Crippen molar-refractivity contribution in [1.82, 2.24) is 14.5 Å². The number of sulfonamides is 1. The number of nitrogens with zero attached hydrogens (tertiary/aromatic N) is 2. The number of aromatic nitrogens is 2. The van der Waals surface area contributed by atoms with E-state index >= 15 is 0 Å². The lowest BCUT2D eigenvalue weighted by Crippen LogP contribution is -2.35. The van der Waals surface area contributed by atoms with Crippen LogP contribution in [-0.2, 0) is 10.0 Å². The van der Waals surface area contributed by atoms with Crippen molar-refractivity contribution in [2.24, 2.45) is 11.7 Å². The first-order chi connectivity index (χ1) is 7.98. The second-order valence-corrected chi connectivity index (χ2v) is 6.27. The Morgan fingerprint density at radius 2 is 2.24 bits per heavy atom. The molecule has 0 radical (unpaired) electrons. The van der Waals surface area contributed by atoms with Crippen molar-refractivity contribution < 1.29 is 8.42 Å². The Hall–Kier alpha value is -0.920. The van der Waals surface area contributed by atoms with E-state index < -0.39 is 10.0 Å². The van der Waals surface area contributed by atoms with Crippen molar-refractivity contribution in [3.63, 3.8) is 0 Å². The van der Waals surface area contributed by atoms with E-state index in [-0.39, 0.29) is 10.8 Å². The summed E-state index contributed by atoms with van der Waals surface area (Å²) in [6, 6.07) is 0. The molecule has 98 valence electrons. The molecule has 0 aromatic carbocycles. The van der Waals surface area contributed by atoms with E-state index in [9.17, 15) is 8.42 Å². The van der Waals surface area contributed by atoms with Gasteiger partial charge in [0.15, 0.2) is 0 Å². The van der Waals surface area contributed by atoms with Gasteiger partial charge in [-0.05, 0) is 18.9 Å². The van der Waals surface area contributed by atoms with Crippen LogP contribution in [0.4, 0.5) is 0 Å². The molecule has 0 amide bonds. The molecule has 6 nitrogen and oxygen atoms in total. The first kappa shape index (κ1) is 14.1. The predicted octanol–water partition coefficient (Wildman–Crippen LogP) is 0.405. The molecule has 0 aliphatic heterocycles. The maximum absolute atomic E-state index is 12.3. The maximum Gasteiger partial charge on any atom is 0.246 e. The van der Waals surface area contributed by atoms with Gasteiger partial charge in [0.1, 0.15) is 4.90 Å². The predicted molar refractivity (Wildman–Crippen MR) is 65.9 cm³/mol. The molecule has 0 saturated carbocycles. The van der Waals surface area contributed by atoms with Gasteiger partial charge in [0, 0.05) is 19.3 Å². The zero-order chi connectivity index (χ0) is 12.9. The molecule has 0 unspecified atom stereocenters. The van der Waals surface area contributed by atoms with Crippen molar-refractivity contribution in [1.29, 1.82) is 0 Å². The molecular weight excluding hydrogens is 240 g/mol. The summed E-state index contributed by atoms with van der Waals surface area (Å²) >= 11 is 0. The number of hydrogen-bond acceptors (Lipinski definition) is 4. The smallest absolute Gasteiger partial charge is 0.246 e. The van der Waals surface area contributed by atoms with Gasteiger partial charge in [-0.3, -0.25) is 5.10 Å². The van der Waals surface area contributed by atoms with E-state index in [4.69, 9.17) is 5.73 Å². The molecule has 1 aromatic rings. The van der Waals surface area contributed by atoms with Gasteiger partial charge in [-0.1, -0.05) is 13.8 Å². The summed E-state index contributed by atoms with van der Waals surface area (Å²) in [7, 11) is -3.44. The molecule has 0 aliphatic carbocycles. The molecule has 0 fully saturated rings. The van der Waals surface area contributed by atoms with Crippen LogP contribution < -0.4 is 5.73 Å². The van der Waals surface area contributed by atoms with E-state index in [1.807, 2.05) is 13.8 Å². The Balaban J connectivity index is 2.88. The molecule has 1 heterocycles. The lowest BCUT2D eigenvalue weighted by molar-refractivity contribution is 0.364. The van der Waals surface area contributed by atoms with Crippen molar-refractivity contribution in [2.45, 2.75) is 25.2 Å². The average Bonchev–Trinajstić information content (AvgIpc) is 2.77. The summed E-state index contributed by atoms with van der Waals surface area (Å²) < 4.78 is 26.0. The fourth-order valence-corrected chi connectivity index (χ4v) is 3.06. The van der Waals surface area contributed by atoms with Crippen LogP contribution in [-0.4, -0.2) is 42.6 Å². The van der Waals surface area contributed by atoms with Crippen molar-refractivity contribution in [3.8, 4) is 0 Å². The molecule has 1 aromatic heterocycles. The van der Waals surface area contributed by atoms with Gasteiger partial charge < -0.3 is 5.73 Å². The zero-order valence-corrected chi connectivity index (χ0v) is 11.1. The highest BCUT2D eigenvalue weighted by Gasteiger charge is 2.25. The van der Waals surface area contributed by atoms with Gasteiger partial charge in [0.2, 0.25) is 10.0 Å². The largest absolute Gasteiger partial charge is 0.330 e. The molecule has 0 spiro atoms. The SMILES string of the molecule is CC(C)CN(CCCN)S(=O)(=O)c1cn[nH]c1. The van der Waals surface area contributed by atoms with Crippen LogP contribution in [0.15, 0.2) is 17.3 Å². The summed E-state index contributed by atoms with van der Waals surface area (Å²) in [6.45, 7) is 5.39. The van der Waals surface area contributed by atoms with Crippen LogP contribution in [0, 0.1) is 5.92 Å². The maximum atomic E-state index is 12.3. The fraction of sp³-hybridized carbons (Fsp3) is 0.700.